The van der Waals surface area contributed by atoms with Crippen molar-refractivity contribution < 1.29 is 14.7 Å². The van der Waals surface area contributed by atoms with E-state index >= 15 is 0 Å². The van der Waals surface area contributed by atoms with Crippen LogP contribution in [0.3, 0.4) is 0 Å². The van der Waals surface area contributed by atoms with Gasteiger partial charge in [-0.25, -0.2) is 4.79 Å². The fraction of sp³-hybridized carbons (Fsp3) is 0.857. The Kier molecular flexibility index (Phi) is 2.95. The van der Waals surface area contributed by atoms with Crippen LogP contribution in [0.5, 0.6) is 0 Å². The molecule has 5 heteroatoms. The molecule has 3 aliphatic rings. The topological polar surface area (TPSA) is 69.6 Å². The second-order valence-corrected chi connectivity index (χ2v) is 6.39. The molecule has 2 amide bonds. The van der Waals surface area contributed by atoms with Crippen molar-refractivity contribution >= 4 is 12.0 Å². The third-order valence-electron chi connectivity index (χ3n) is 5.34. The standard InChI is InChI=1S/C14H22N2O3/c1-2-9-6-11(9)15-13(19)16-7-10-4-3-5-14(10,8-16)12(17)18/h9-11H,2-8H2,1H3,(H,15,19)(H,17,18)/t9-,10+,11-,14-/m1/s1. The van der Waals surface area contributed by atoms with Gasteiger partial charge in [0, 0.05) is 19.1 Å². The molecule has 106 valence electrons. The normalized spacial score (nSPS) is 40.1. The van der Waals surface area contributed by atoms with E-state index < -0.39 is 11.4 Å². The molecular weight excluding hydrogens is 244 g/mol. The van der Waals surface area contributed by atoms with Crippen LogP contribution in [0.25, 0.3) is 0 Å². The lowest BCUT2D eigenvalue weighted by molar-refractivity contribution is -0.149. The number of carbonyl (C=O) groups is 2. The largest absolute Gasteiger partial charge is 0.481 e. The molecule has 1 saturated heterocycles. The molecule has 2 N–H and O–H groups in total. The van der Waals surface area contributed by atoms with Gasteiger partial charge in [0.25, 0.3) is 0 Å². The van der Waals surface area contributed by atoms with Crippen LogP contribution in [0.2, 0.25) is 0 Å². The van der Waals surface area contributed by atoms with Crippen molar-refractivity contribution in [1.29, 1.82) is 0 Å². The van der Waals surface area contributed by atoms with Gasteiger partial charge in [-0.05, 0) is 31.1 Å². The summed E-state index contributed by atoms with van der Waals surface area (Å²) < 4.78 is 0. The predicted molar refractivity (Wildman–Crippen MR) is 69.7 cm³/mol. The highest BCUT2D eigenvalue weighted by atomic mass is 16.4. The highest BCUT2D eigenvalue weighted by Crippen LogP contribution is 2.49. The molecule has 0 bridgehead atoms. The van der Waals surface area contributed by atoms with Crippen molar-refractivity contribution in [3.05, 3.63) is 0 Å². The molecule has 0 aromatic heterocycles. The molecule has 0 aromatic rings. The molecule has 2 saturated carbocycles. The van der Waals surface area contributed by atoms with E-state index in [0.29, 0.717) is 25.0 Å². The quantitative estimate of drug-likeness (QED) is 0.816. The molecule has 1 heterocycles. The number of nitrogens with one attached hydrogen (secondary N) is 1. The molecule has 0 spiro atoms. The van der Waals surface area contributed by atoms with E-state index in [1.54, 1.807) is 4.90 Å². The molecular formula is C14H22N2O3. The summed E-state index contributed by atoms with van der Waals surface area (Å²) in [5.41, 5.74) is -0.662. The lowest BCUT2D eigenvalue weighted by Gasteiger charge is -2.23. The average molecular weight is 266 g/mol. The van der Waals surface area contributed by atoms with Gasteiger partial charge < -0.3 is 15.3 Å². The Labute approximate surface area is 113 Å². The molecule has 19 heavy (non-hydrogen) atoms. The summed E-state index contributed by atoms with van der Waals surface area (Å²) in [6.07, 6.45) is 4.82. The molecule has 3 fully saturated rings. The lowest BCUT2D eigenvalue weighted by atomic mass is 9.81. The van der Waals surface area contributed by atoms with Gasteiger partial charge in [-0.15, -0.1) is 0 Å². The molecule has 5 nitrogen and oxygen atoms in total. The monoisotopic (exact) mass is 266 g/mol. The van der Waals surface area contributed by atoms with E-state index in [1.807, 2.05) is 0 Å². The Bertz CT molecular complexity index is 411. The summed E-state index contributed by atoms with van der Waals surface area (Å²) in [5, 5.41) is 12.5. The Morgan fingerprint density at radius 1 is 1.47 bits per heavy atom. The molecule has 0 radical (unpaired) electrons. The molecule has 4 atom stereocenters. The summed E-state index contributed by atoms with van der Waals surface area (Å²) in [7, 11) is 0. The fourth-order valence-corrected chi connectivity index (χ4v) is 3.92. The molecule has 2 aliphatic carbocycles. The van der Waals surface area contributed by atoms with Crippen molar-refractivity contribution in [2.75, 3.05) is 13.1 Å². The number of fused-ring (bicyclic) bond motifs is 1. The van der Waals surface area contributed by atoms with Crippen molar-refractivity contribution in [1.82, 2.24) is 10.2 Å². The highest BCUT2D eigenvalue weighted by molar-refractivity contribution is 5.80. The smallest absolute Gasteiger partial charge is 0.317 e. The van der Waals surface area contributed by atoms with Crippen LogP contribution < -0.4 is 5.32 Å². The zero-order valence-electron chi connectivity index (χ0n) is 11.4. The number of likely N-dealkylation sites (tertiary alicyclic amines) is 1. The number of rotatable bonds is 3. The van der Waals surface area contributed by atoms with Crippen molar-refractivity contribution in [3.63, 3.8) is 0 Å². The van der Waals surface area contributed by atoms with Crippen LogP contribution in [0, 0.1) is 17.3 Å². The molecule has 0 unspecified atom stereocenters. The summed E-state index contributed by atoms with van der Waals surface area (Å²) in [6, 6.07) is 0.259. The van der Waals surface area contributed by atoms with Gasteiger partial charge in [-0.2, -0.15) is 0 Å². The second kappa shape index (κ2) is 4.39. The van der Waals surface area contributed by atoms with Crippen molar-refractivity contribution in [2.45, 2.75) is 45.1 Å². The Morgan fingerprint density at radius 2 is 2.26 bits per heavy atom. The Balaban J connectivity index is 1.62. The number of hydrogen-bond donors (Lipinski definition) is 2. The van der Waals surface area contributed by atoms with E-state index in [1.165, 1.54) is 0 Å². The third-order valence-corrected chi connectivity index (χ3v) is 5.34. The average Bonchev–Trinajstić information content (AvgIpc) is 2.82. The number of aliphatic carboxylic acids is 1. The van der Waals surface area contributed by atoms with Crippen molar-refractivity contribution in [3.8, 4) is 0 Å². The van der Waals surface area contributed by atoms with Crippen LogP contribution in [0.15, 0.2) is 0 Å². The van der Waals surface area contributed by atoms with Gasteiger partial charge in [-0.1, -0.05) is 19.8 Å². The van der Waals surface area contributed by atoms with Gasteiger partial charge in [0.1, 0.15) is 0 Å². The number of amides is 2. The van der Waals surface area contributed by atoms with Crippen LogP contribution in [0.1, 0.15) is 39.0 Å². The van der Waals surface area contributed by atoms with E-state index in [4.69, 9.17) is 0 Å². The van der Waals surface area contributed by atoms with E-state index in [0.717, 1.165) is 32.1 Å². The molecule has 3 rings (SSSR count). The summed E-state index contributed by atoms with van der Waals surface area (Å²) in [4.78, 5) is 25.4. The maximum absolute atomic E-state index is 12.2. The first-order chi connectivity index (χ1) is 9.06. The Hall–Kier alpha value is -1.26. The van der Waals surface area contributed by atoms with Gasteiger partial charge in [0.15, 0.2) is 0 Å². The zero-order valence-corrected chi connectivity index (χ0v) is 11.4. The van der Waals surface area contributed by atoms with Crippen LogP contribution in [0.4, 0.5) is 4.79 Å². The third kappa shape index (κ3) is 1.99. The Morgan fingerprint density at radius 3 is 2.84 bits per heavy atom. The number of nitrogens with zero attached hydrogens (tertiary/aromatic N) is 1. The SMILES string of the molecule is CC[C@@H]1C[C@H]1NC(=O)N1C[C@@H]2CCC[C@@]2(C(=O)O)C1. The first-order valence-corrected chi connectivity index (χ1v) is 7.35. The highest BCUT2D eigenvalue weighted by Gasteiger charge is 2.56. The molecule has 1 aliphatic heterocycles. The fourth-order valence-electron chi connectivity index (χ4n) is 3.92. The number of hydrogen-bond acceptors (Lipinski definition) is 2. The maximum Gasteiger partial charge on any atom is 0.317 e. The molecule has 0 aromatic carbocycles. The zero-order chi connectivity index (χ0) is 13.6. The second-order valence-electron chi connectivity index (χ2n) is 6.39. The summed E-state index contributed by atoms with van der Waals surface area (Å²) >= 11 is 0. The minimum Gasteiger partial charge on any atom is -0.481 e. The van der Waals surface area contributed by atoms with E-state index in [9.17, 15) is 14.7 Å². The number of carboxylic acid groups (broad SMARTS) is 1. The van der Waals surface area contributed by atoms with Crippen LogP contribution in [-0.2, 0) is 4.79 Å². The number of carbonyl (C=O) groups excluding carboxylic acids is 1. The summed E-state index contributed by atoms with van der Waals surface area (Å²) in [5.74, 6) is 0.0552. The lowest BCUT2D eigenvalue weighted by Crippen LogP contribution is -2.42. The first kappa shape index (κ1) is 12.8. The maximum atomic E-state index is 12.2. The minimum atomic E-state index is -0.719. The summed E-state index contributed by atoms with van der Waals surface area (Å²) in [6.45, 7) is 3.14. The van der Waals surface area contributed by atoms with Gasteiger partial charge in [-0.3, -0.25) is 4.79 Å². The first-order valence-electron chi connectivity index (χ1n) is 7.35. The number of urea groups is 1. The van der Waals surface area contributed by atoms with E-state index in [-0.39, 0.29) is 11.9 Å². The van der Waals surface area contributed by atoms with Crippen molar-refractivity contribution in [2.24, 2.45) is 17.3 Å². The van der Waals surface area contributed by atoms with E-state index in [2.05, 4.69) is 12.2 Å². The number of carboxylic acids is 1. The predicted octanol–water partition coefficient (Wildman–Crippen LogP) is 1.68. The van der Waals surface area contributed by atoms with Crippen LogP contribution in [-0.4, -0.2) is 41.1 Å². The van der Waals surface area contributed by atoms with Gasteiger partial charge in [0.2, 0.25) is 0 Å². The van der Waals surface area contributed by atoms with Gasteiger partial charge in [0.05, 0.1) is 5.41 Å². The van der Waals surface area contributed by atoms with Crippen LogP contribution >= 0.6 is 0 Å². The minimum absolute atomic E-state index is 0.0593. The van der Waals surface area contributed by atoms with Gasteiger partial charge >= 0.3 is 12.0 Å².